The lowest BCUT2D eigenvalue weighted by molar-refractivity contribution is -0.128. The van der Waals surface area contributed by atoms with E-state index in [2.05, 4.69) is 5.32 Å². The number of hydrogen-bond acceptors (Lipinski definition) is 2. The molecule has 4 heteroatoms. The molecule has 1 N–H and O–H groups in total. The molecular formula is C19H22N2O2. The number of amides is 3. The van der Waals surface area contributed by atoms with Crippen molar-refractivity contribution in [1.82, 2.24) is 10.2 Å². The monoisotopic (exact) mass is 310 g/mol. The molecule has 0 aliphatic rings. The fraction of sp³-hybridized carbons (Fsp3) is 0.263. The molecular weight excluding hydrogens is 288 g/mol. The third-order valence-electron chi connectivity index (χ3n) is 3.67. The van der Waals surface area contributed by atoms with E-state index in [1.165, 1.54) is 4.90 Å². The number of imide groups is 1. The smallest absolute Gasteiger partial charge is 0.324 e. The van der Waals surface area contributed by atoms with Crippen molar-refractivity contribution < 1.29 is 9.59 Å². The van der Waals surface area contributed by atoms with Crippen molar-refractivity contribution in [3.05, 3.63) is 71.8 Å². The molecule has 0 aromatic heterocycles. The molecule has 0 aliphatic carbocycles. The highest BCUT2D eigenvalue weighted by molar-refractivity contribution is 5.99. The Morgan fingerprint density at radius 1 is 0.913 bits per heavy atom. The predicted octanol–water partition coefficient (Wildman–Crippen LogP) is 3.40. The van der Waals surface area contributed by atoms with Crippen molar-refractivity contribution in [2.24, 2.45) is 0 Å². The van der Waals surface area contributed by atoms with Crippen LogP contribution in [0.5, 0.6) is 0 Å². The topological polar surface area (TPSA) is 49.4 Å². The Hall–Kier alpha value is -2.62. The lowest BCUT2D eigenvalue weighted by Gasteiger charge is -2.25. The number of urea groups is 1. The second-order valence-electron chi connectivity index (χ2n) is 5.17. The van der Waals surface area contributed by atoms with Crippen LogP contribution >= 0.6 is 0 Å². The van der Waals surface area contributed by atoms with Gasteiger partial charge in [-0.3, -0.25) is 9.69 Å². The maximum Gasteiger partial charge on any atom is 0.324 e. The van der Waals surface area contributed by atoms with Gasteiger partial charge in [-0.1, -0.05) is 60.7 Å². The van der Waals surface area contributed by atoms with Crippen molar-refractivity contribution in [2.75, 3.05) is 13.1 Å². The normalized spacial score (nSPS) is 10.4. The minimum atomic E-state index is -0.486. The Balaban J connectivity index is 2.41. The van der Waals surface area contributed by atoms with Crippen molar-refractivity contribution >= 4 is 11.9 Å². The number of rotatable bonds is 5. The summed E-state index contributed by atoms with van der Waals surface area (Å²) in [4.78, 5) is 26.5. The molecule has 0 saturated heterocycles. The van der Waals surface area contributed by atoms with Gasteiger partial charge in [0.25, 0.3) is 0 Å². The number of hydrogen-bond donors (Lipinski definition) is 1. The van der Waals surface area contributed by atoms with Crippen molar-refractivity contribution in [1.29, 1.82) is 0 Å². The van der Waals surface area contributed by atoms with E-state index in [0.717, 1.165) is 11.1 Å². The summed E-state index contributed by atoms with van der Waals surface area (Å²) in [6, 6.07) is 18.8. The third kappa shape index (κ3) is 3.97. The number of likely N-dealkylation sites (N-methyl/N-ethyl adjacent to an activating group) is 1. The van der Waals surface area contributed by atoms with E-state index >= 15 is 0 Å². The molecule has 2 rings (SSSR count). The number of carbonyl (C=O) groups excluding carboxylic acids is 2. The third-order valence-corrected chi connectivity index (χ3v) is 3.67. The highest BCUT2D eigenvalue weighted by atomic mass is 16.2. The minimum absolute atomic E-state index is 0.212. The van der Waals surface area contributed by atoms with E-state index in [-0.39, 0.29) is 11.9 Å². The molecule has 0 unspecified atom stereocenters. The van der Waals surface area contributed by atoms with Gasteiger partial charge in [0.2, 0.25) is 5.91 Å². The molecule has 0 atom stereocenters. The second-order valence-corrected chi connectivity index (χ2v) is 5.17. The number of nitrogens with one attached hydrogen (secondary N) is 1. The van der Waals surface area contributed by atoms with E-state index in [4.69, 9.17) is 0 Å². The summed E-state index contributed by atoms with van der Waals surface area (Å²) < 4.78 is 0. The number of carbonyl (C=O) groups is 2. The van der Waals surface area contributed by atoms with Gasteiger partial charge in [-0.05, 0) is 25.0 Å². The average molecular weight is 310 g/mol. The quantitative estimate of drug-likeness (QED) is 0.920. The molecule has 2 aromatic carbocycles. The molecule has 0 saturated carbocycles. The molecule has 2 aromatic rings. The van der Waals surface area contributed by atoms with Gasteiger partial charge in [0.15, 0.2) is 0 Å². The molecule has 0 aliphatic heterocycles. The largest absolute Gasteiger partial charge is 0.338 e. The van der Waals surface area contributed by atoms with Crippen LogP contribution in [0.4, 0.5) is 4.79 Å². The first-order valence-corrected chi connectivity index (χ1v) is 7.88. The SMILES string of the molecule is CCNC(=O)N(CC)C(=O)C(c1ccccc1)c1ccccc1. The Kier molecular flexibility index (Phi) is 5.92. The van der Waals surface area contributed by atoms with Crippen LogP contribution in [-0.2, 0) is 4.79 Å². The summed E-state index contributed by atoms with van der Waals surface area (Å²) in [6.45, 7) is 4.47. The van der Waals surface area contributed by atoms with Gasteiger partial charge in [0.1, 0.15) is 0 Å². The lowest BCUT2D eigenvalue weighted by Crippen LogP contribution is -2.45. The lowest BCUT2D eigenvalue weighted by atomic mass is 9.90. The zero-order valence-corrected chi connectivity index (χ0v) is 13.5. The van der Waals surface area contributed by atoms with Crippen molar-refractivity contribution in [3.8, 4) is 0 Å². The van der Waals surface area contributed by atoms with Crippen LogP contribution in [0, 0.1) is 0 Å². The molecule has 4 nitrogen and oxygen atoms in total. The van der Waals surface area contributed by atoms with E-state index in [0.29, 0.717) is 13.1 Å². The van der Waals surface area contributed by atoms with Crippen LogP contribution in [0.1, 0.15) is 30.9 Å². The first kappa shape index (κ1) is 16.7. The van der Waals surface area contributed by atoms with E-state index < -0.39 is 5.92 Å². The van der Waals surface area contributed by atoms with Gasteiger partial charge in [-0.25, -0.2) is 4.79 Å². The highest BCUT2D eigenvalue weighted by Crippen LogP contribution is 2.26. The zero-order valence-electron chi connectivity index (χ0n) is 13.5. The van der Waals surface area contributed by atoms with E-state index in [1.807, 2.05) is 67.6 Å². The maximum atomic E-state index is 13.1. The van der Waals surface area contributed by atoms with Crippen LogP contribution in [0.15, 0.2) is 60.7 Å². The fourth-order valence-corrected chi connectivity index (χ4v) is 2.57. The predicted molar refractivity (Wildman–Crippen MR) is 91.2 cm³/mol. The van der Waals surface area contributed by atoms with Gasteiger partial charge in [0.05, 0.1) is 5.92 Å². The number of benzene rings is 2. The Labute approximate surface area is 137 Å². The first-order valence-electron chi connectivity index (χ1n) is 7.88. The van der Waals surface area contributed by atoms with Crippen LogP contribution < -0.4 is 5.32 Å². The second kappa shape index (κ2) is 8.13. The molecule has 0 bridgehead atoms. The van der Waals surface area contributed by atoms with E-state index in [1.54, 1.807) is 6.92 Å². The summed E-state index contributed by atoms with van der Waals surface area (Å²) in [6.07, 6.45) is 0. The maximum absolute atomic E-state index is 13.1. The Bertz CT molecular complexity index is 601. The van der Waals surface area contributed by atoms with E-state index in [9.17, 15) is 9.59 Å². The number of nitrogens with zero attached hydrogens (tertiary/aromatic N) is 1. The molecule has 0 radical (unpaired) electrons. The minimum Gasteiger partial charge on any atom is -0.338 e. The van der Waals surface area contributed by atoms with Gasteiger partial charge in [-0.2, -0.15) is 0 Å². The van der Waals surface area contributed by atoms with Crippen LogP contribution in [0.3, 0.4) is 0 Å². The first-order chi connectivity index (χ1) is 11.2. The average Bonchev–Trinajstić information content (AvgIpc) is 2.58. The van der Waals surface area contributed by atoms with Gasteiger partial charge in [-0.15, -0.1) is 0 Å². The van der Waals surface area contributed by atoms with Gasteiger partial charge >= 0.3 is 6.03 Å². The summed E-state index contributed by atoms with van der Waals surface area (Å²) in [5.41, 5.74) is 1.76. The van der Waals surface area contributed by atoms with Crippen molar-refractivity contribution in [3.63, 3.8) is 0 Å². The summed E-state index contributed by atoms with van der Waals surface area (Å²) in [5, 5.41) is 2.70. The zero-order chi connectivity index (χ0) is 16.7. The van der Waals surface area contributed by atoms with Crippen LogP contribution in [0.25, 0.3) is 0 Å². The molecule has 23 heavy (non-hydrogen) atoms. The standard InChI is InChI=1S/C19H22N2O2/c1-3-20-19(23)21(4-2)18(22)17(15-11-7-5-8-12-15)16-13-9-6-10-14-16/h5-14,17H,3-4H2,1-2H3,(H,20,23). The van der Waals surface area contributed by atoms with Crippen LogP contribution in [0.2, 0.25) is 0 Å². The molecule has 0 fully saturated rings. The Morgan fingerprint density at radius 3 is 1.78 bits per heavy atom. The van der Waals surface area contributed by atoms with Gasteiger partial charge < -0.3 is 5.32 Å². The fourth-order valence-electron chi connectivity index (χ4n) is 2.57. The highest BCUT2D eigenvalue weighted by Gasteiger charge is 2.29. The molecule has 120 valence electrons. The van der Waals surface area contributed by atoms with Crippen molar-refractivity contribution in [2.45, 2.75) is 19.8 Å². The van der Waals surface area contributed by atoms with Crippen LogP contribution in [-0.4, -0.2) is 29.9 Å². The molecule has 3 amide bonds. The molecule has 0 heterocycles. The summed E-state index contributed by atoms with van der Waals surface area (Å²) >= 11 is 0. The summed E-state index contributed by atoms with van der Waals surface area (Å²) in [5.74, 6) is -0.698. The molecule has 0 spiro atoms. The summed E-state index contributed by atoms with van der Waals surface area (Å²) in [7, 11) is 0. The van der Waals surface area contributed by atoms with Gasteiger partial charge in [0, 0.05) is 13.1 Å². The Morgan fingerprint density at radius 2 is 1.39 bits per heavy atom.